The van der Waals surface area contributed by atoms with Gasteiger partial charge < -0.3 is 10.7 Å². The average Bonchev–Trinajstić information content (AvgIpc) is 2.83. The molecule has 1 aliphatic rings. The molecule has 0 atom stereocenters. The predicted molar refractivity (Wildman–Crippen MR) is 77.6 cm³/mol. The summed E-state index contributed by atoms with van der Waals surface area (Å²) < 4.78 is 1.08. The number of aromatic nitrogens is 2. The van der Waals surface area contributed by atoms with Crippen molar-refractivity contribution in [2.24, 2.45) is 5.73 Å². The van der Waals surface area contributed by atoms with Crippen LogP contribution in [-0.2, 0) is 5.41 Å². The molecule has 96 valence electrons. The lowest BCUT2D eigenvalue weighted by atomic mass is 9.73. The van der Waals surface area contributed by atoms with E-state index in [0.717, 1.165) is 34.2 Å². The van der Waals surface area contributed by atoms with Gasteiger partial charge in [-0.1, -0.05) is 35.2 Å². The standard InChI is InChI=1S/C14H18BrN3/c15-10-4-5-11-12(8-10)18-13(17-11)14(9-16)6-2-1-3-7-14/h4-5,8H,1-3,6-7,9,16H2,(H,17,18). The van der Waals surface area contributed by atoms with Crippen LogP contribution in [0.1, 0.15) is 37.9 Å². The number of rotatable bonds is 2. The Labute approximate surface area is 115 Å². The number of nitrogens with two attached hydrogens (primary N) is 1. The molecule has 1 fully saturated rings. The Bertz CT molecular complexity index is 555. The monoisotopic (exact) mass is 307 g/mol. The van der Waals surface area contributed by atoms with Gasteiger partial charge in [-0.3, -0.25) is 0 Å². The van der Waals surface area contributed by atoms with Crippen LogP contribution in [0.5, 0.6) is 0 Å². The molecular formula is C14H18BrN3. The van der Waals surface area contributed by atoms with Crippen LogP contribution in [0.15, 0.2) is 22.7 Å². The number of fused-ring (bicyclic) bond motifs is 1. The maximum atomic E-state index is 6.05. The summed E-state index contributed by atoms with van der Waals surface area (Å²) in [5, 5.41) is 0. The molecule has 0 aliphatic heterocycles. The molecule has 4 heteroatoms. The maximum Gasteiger partial charge on any atom is 0.114 e. The van der Waals surface area contributed by atoms with Gasteiger partial charge in [0.25, 0.3) is 0 Å². The van der Waals surface area contributed by atoms with Gasteiger partial charge in [0.15, 0.2) is 0 Å². The highest BCUT2D eigenvalue weighted by Gasteiger charge is 2.35. The zero-order chi connectivity index (χ0) is 12.6. The first-order valence-electron chi connectivity index (χ1n) is 6.59. The summed E-state index contributed by atoms with van der Waals surface area (Å²) >= 11 is 3.50. The number of imidazole rings is 1. The van der Waals surface area contributed by atoms with Crippen LogP contribution in [0.4, 0.5) is 0 Å². The lowest BCUT2D eigenvalue weighted by Crippen LogP contribution is -2.38. The Kier molecular flexibility index (Phi) is 3.16. The van der Waals surface area contributed by atoms with Crippen molar-refractivity contribution < 1.29 is 0 Å². The van der Waals surface area contributed by atoms with E-state index in [2.05, 4.69) is 27.0 Å². The second-order valence-electron chi connectivity index (χ2n) is 5.29. The molecule has 0 radical (unpaired) electrons. The first kappa shape index (κ1) is 12.2. The molecule has 1 aromatic heterocycles. The van der Waals surface area contributed by atoms with E-state index in [1.54, 1.807) is 0 Å². The number of nitrogens with one attached hydrogen (secondary N) is 1. The van der Waals surface area contributed by atoms with Gasteiger partial charge in [0.2, 0.25) is 0 Å². The fraction of sp³-hybridized carbons (Fsp3) is 0.500. The summed E-state index contributed by atoms with van der Waals surface area (Å²) in [6.07, 6.45) is 6.17. The summed E-state index contributed by atoms with van der Waals surface area (Å²) in [6, 6.07) is 6.16. The van der Waals surface area contributed by atoms with E-state index in [1.165, 1.54) is 19.3 Å². The number of nitrogens with zero attached hydrogens (tertiary/aromatic N) is 1. The molecule has 3 nitrogen and oxygen atoms in total. The molecule has 2 aromatic rings. The van der Waals surface area contributed by atoms with E-state index in [-0.39, 0.29) is 5.41 Å². The van der Waals surface area contributed by atoms with Crippen molar-refractivity contribution in [1.29, 1.82) is 0 Å². The minimum atomic E-state index is 0.0732. The molecule has 1 aliphatic carbocycles. The number of aromatic amines is 1. The molecule has 3 rings (SSSR count). The van der Waals surface area contributed by atoms with Crippen molar-refractivity contribution >= 4 is 27.0 Å². The molecule has 0 bridgehead atoms. The summed E-state index contributed by atoms with van der Waals surface area (Å²) in [6.45, 7) is 0.688. The first-order chi connectivity index (χ1) is 8.73. The number of hydrogen-bond donors (Lipinski definition) is 2. The van der Waals surface area contributed by atoms with Gasteiger partial charge in [0.05, 0.1) is 11.0 Å². The third kappa shape index (κ3) is 1.97. The molecule has 0 unspecified atom stereocenters. The van der Waals surface area contributed by atoms with E-state index in [4.69, 9.17) is 10.7 Å². The molecule has 3 N–H and O–H groups in total. The van der Waals surface area contributed by atoms with Crippen LogP contribution in [0, 0.1) is 0 Å². The third-order valence-corrected chi connectivity index (χ3v) is 4.64. The Balaban J connectivity index is 2.06. The van der Waals surface area contributed by atoms with Crippen molar-refractivity contribution in [3.8, 4) is 0 Å². The molecule has 0 amide bonds. The zero-order valence-corrected chi connectivity index (χ0v) is 12.0. The van der Waals surface area contributed by atoms with Gasteiger partial charge in [0, 0.05) is 16.4 Å². The first-order valence-corrected chi connectivity index (χ1v) is 7.39. The Morgan fingerprint density at radius 2 is 2.06 bits per heavy atom. The summed E-state index contributed by atoms with van der Waals surface area (Å²) in [4.78, 5) is 8.24. The number of hydrogen-bond acceptors (Lipinski definition) is 2. The molecule has 0 saturated heterocycles. The van der Waals surface area contributed by atoms with E-state index in [1.807, 2.05) is 12.1 Å². The van der Waals surface area contributed by atoms with Gasteiger partial charge in [-0.2, -0.15) is 0 Å². The lowest BCUT2D eigenvalue weighted by molar-refractivity contribution is 0.288. The summed E-state index contributed by atoms with van der Waals surface area (Å²) in [7, 11) is 0. The molecule has 0 spiro atoms. The van der Waals surface area contributed by atoms with Crippen LogP contribution in [0.2, 0.25) is 0 Å². The number of halogens is 1. The van der Waals surface area contributed by atoms with E-state index < -0.39 is 0 Å². The van der Waals surface area contributed by atoms with Crippen molar-refractivity contribution in [2.45, 2.75) is 37.5 Å². The van der Waals surface area contributed by atoms with E-state index in [9.17, 15) is 0 Å². The van der Waals surface area contributed by atoms with Gasteiger partial charge in [-0.25, -0.2) is 4.98 Å². The Morgan fingerprint density at radius 3 is 2.78 bits per heavy atom. The zero-order valence-electron chi connectivity index (χ0n) is 10.4. The highest BCUT2D eigenvalue weighted by atomic mass is 79.9. The van der Waals surface area contributed by atoms with Crippen molar-refractivity contribution in [2.75, 3.05) is 6.54 Å². The highest BCUT2D eigenvalue weighted by molar-refractivity contribution is 9.10. The van der Waals surface area contributed by atoms with Gasteiger partial charge in [0.1, 0.15) is 5.82 Å². The number of H-pyrrole nitrogens is 1. The molecule has 1 aromatic carbocycles. The minimum Gasteiger partial charge on any atom is -0.341 e. The highest BCUT2D eigenvalue weighted by Crippen LogP contribution is 2.38. The summed E-state index contributed by atoms with van der Waals surface area (Å²) in [5.74, 6) is 1.08. The average molecular weight is 308 g/mol. The fourth-order valence-electron chi connectivity index (χ4n) is 3.00. The second kappa shape index (κ2) is 4.67. The van der Waals surface area contributed by atoms with Crippen molar-refractivity contribution in [1.82, 2.24) is 9.97 Å². The van der Waals surface area contributed by atoms with Crippen molar-refractivity contribution in [3.05, 3.63) is 28.5 Å². The molecule has 1 heterocycles. The number of benzene rings is 1. The molecular weight excluding hydrogens is 290 g/mol. The van der Waals surface area contributed by atoms with Crippen molar-refractivity contribution in [3.63, 3.8) is 0 Å². The predicted octanol–water partition coefficient (Wildman–Crippen LogP) is 3.49. The van der Waals surface area contributed by atoms with Crippen LogP contribution in [0.3, 0.4) is 0 Å². The Morgan fingerprint density at radius 1 is 1.28 bits per heavy atom. The van der Waals surface area contributed by atoms with E-state index in [0.29, 0.717) is 6.54 Å². The van der Waals surface area contributed by atoms with Crippen LogP contribution < -0.4 is 5.73 Å². The summed E-state index contributed by atoms with van der Waals surface area (Å²) in [5.41, 5.74) is 8.25. The smallest absolute Gasteiger partial charge is 0.114 e. The third-order valence-electron chi connectivity index (χ3n) is 4.15. The quantitative estimate of drug-likeness (QED) is 0.892. The van der Waals surface area contributed by atoms with Crippen LogP contribution in [0.25, 0.3) is 11.0 Å². The molecule has 1 saturated carbocycles. The topological polar surface area (TPSA) is 54.7 Å². The minimum absolute atomic E-state index is 0.0732. The fourth-order valence-corrected chi connectivity index (χ4v) is 3.36. The SMILES string of the molecule is NCC1(c2nc3ccc(Br)cc3[nH]2)CCCCC1. The second-order valence-corrected chi connectivity index (χ2v) is 6.21. The van der Waals surface area contributed by atoms with Gasteiger partial charge in [-0.15, -0.1) is 0 Å². The van der Waals surface area contributed by atoms with Crippen LogP contribution in [-0.4, -0.2) is 16.5 Å². The van der Waals surface area contributed by atoms with Crippen LogP contribution >= 0.6 is 15.9 Å². The Hall–Kier alpha value is -0.870. The lowest BCUT2D eigenvalue weighted by Gasteiger charge is -2.34. The normalized spacial score (nSPS) is 19.2. The van der Waals surface area contributed by atoms with Gasteiger partial charge in [-0.05, 0) is 31.0 Å². The van der Waals surface area contributed by atoms with E-state index >= 15 is 0 Å². The maximum absolute atomic E-state index is 6.05. The van der Waals surface area contributed by atoms with Gasteiger partial charge >= 0.3 is 0 Å². The molecule has 18 heavy (non-hydrogen) atoms. The largest absolute Gasteiger partial charge is 0.341 e.